The van der Waals surface area contributed by atoms with Crippen LogP contribution in [0.2, 0.25) is 5.02 Å². The molecule has 1 saturated carbocycles. The van der Waals surface area contributed by atoms with Crippen LogP contribution < -0.4 is 10.0 Å². The van der Waals surface area contributed by atoms with Crippen LogP contribution in [0.15, 0.2) is 47.1 Å². The van der Waals surface area contributed by atoms with Crippen molar-refractivity contribution in [2.45, 2.75) is 56.2 Å². The highest BCUT2D eigenvalue weighted by Gasteiger charge is 2.68. The monoisotopic (exact) mass is 901 g/mol. The minimum atomic E-state index is -5.13. The van der Waals surface area contributed by atoms with E-state index < -0.39 is 106 Å². The Morgan fingerprint density at radius 3 is 2.30 bits per heavy atom. The Morgan fingerprint density at radius 1 is 1.02 bits per heavy atom. The average Bonchev–Trinajstić information content (AvgIpc) is 3.57. The summed E-state index contributed by atoms with van der Waals surface area (Å²) in [5.74, 6) is -10.1. The van der Waals surface area contributed by atoms with Crippen molar-refractivity contribution in [1.29, 1.82) is 0 Å². The third-order valence-corrected chi connectivity index (χ3v) is 10.5. The van der Waals surface area contributed by atoms with E-state index in [-0.39, 0.29) is 54.0 Å². The van der Waals surface area contributed by atoms with E-state index in [1.165, 1.54) is 24.3 Å². The zero-order valence-electron chi connectivity index (χ0n) is 28.0. The fraction of sp³-hybridized carbons (Fsp3) is 0.333. The van der Waals surface area contributed by atoms with Crippen molar-refractivity contribution in [3.8, 4) is 11.1 Å². The molecule has 1 unspecified atom stereocenters. The van der Waals surface area contributed by atoms with Crippen LogP contribution in [0, 0.1) is 17.6 Å². The average molecular weight is 903 g/mol. The van der Waals surface area contributed by atoms with Gasteiger partial charge in [0.15, 0.2) is 11.5 Å². The summed E-state index contributed by atoms with van der Waals surface area (Å²) in [5.41, 5.74) is -4.15. The van der Waals surface area contributed by atoms with Crippen molar-refractivity contribution in [2.24, 2.45) is 5.92 Å². The SMILES string of the molecule is CS(=O)(=O)Nc1nn(CC(F)(F)F)c2c(-c3ccc(Br)nc3C(Cc3cc(F)cc(F)c3)NC(=O)Cn3nc(C(F)(F)F)c4c3C(F)(F)[C@@H]3C[C@H]43)ccc(Cl)c12. The number of amides is 1. The lowest BCUT2D eigenvalue weighted by Gasteiger charge is -2.23. The van der Waals surface area contributed by atoms with Gasteiger partial charge in [0.2, 0.25) is 15.9 Å². The van der Waals surface area contributed by atoms with Gasteiger partial charge in [-0.15, -0.1) is 0 Å². The van der Waals surface area contributed by atoms with Gasteiger partial charge in [-0.25, -0.2) is 22.2 Å². The quantitative estimate of drug-likeness (QED) is 0.108. The van der Waals surface area contributed by atoms with E-state index in [4.69, 9.17) is 11.6 Å². The number of nitrogens with one attached hydrogen (secondary N) is 2. The lowest BCUT2D eigenvalue weighted by Crippen LogP contribution is -2.35. The molecule has 2 aliphatic rings. The molecular formula is C33H23BrClF10N7O3S. The number of nitrogens with zero attached hydrogens (tertiary/aromatic N) is 5. The summed E-state index contributed by atoms with van der Waals surface area (Å²) in [6.07, 6.45) is -10.0. The van der Waals surface area contributed by atoms with Gasteiger partial charge in [0.05, 0.1) is 33.9 Å². The molecule has 2 aromatic carbocycles. The highest BCUT2D eigenvalue weighted by molar-refractivity contribution is 9.10. The molecule has 298 valence electrons. The second-order valence-corrected chi connectivity index (χ2v) is 16.3. The number of rotatable bonds is 10. The van der Waals surface area contributed by atoms with E-state index >= 15 is 8.78 Å². The summed E-state index contributed by atoms with van der Waals surface area (Å²) < 4.78 is 170. The molecule has 7 rings (SSSR count). The number of benzene rings is 2. The first-order valence-electron chi connectivity index (χ1n) is 16.1. The van der Waals surface area contributed by atoms with Crippen molar-refractivity contribution in [1.82, 2.24) is 29.9 Å². The zero-order chi connectivity index (χ0) is 40.9. The van der Waals surface area contributed by atoms with E-state index in [0.717, 1.165) is 18.4 Å². The van der Waals surface area contributed by atoms with Crippen LogP contribution in [0.25, 0.3) is 22.0 Å². The van der Waals surface area contributed by atoms with Gasteiger partial charge in [-0.2, -0.15) is 45.3 Å². The number of carbonyl (C=O) groups excluding carboxylic acids is 1. The summed E-state index contributed by atoms with van der Waals surface area (Å²) in [6.45, 7) is -2.92. The number of pyridine rings is 1. The largest absolute Gasteiger partial charge is 0.435 e. The lowest BCUT2D eigenvalue weighted by molar-refractivity contribution is -0.142. The number of anilines is 1. The Kier molecular flexibility index (Phi) is 9.66. The van der Waals surface area contributed by atoms with Gasteiger partial charge < -0.3 is 5.32 Å². The predicted molar refractivity (Wildman–Crippen MR) is 183 cm³/mol. The van der Waals surface area contributed by atoms with Gasteiger partial charge in [0, 0.05) is 28.7 Å². The number of carbonyl (C=O) groups is 1. The molecule has 23 heteroatoms. The minimum Gasteiger partial charge on any atom is -0.346 e. The van der Waals surface area contributed by atoms with Crippen molar-refractivity contribution < 1.29 is 57.1 Å². The van der Waals surface area contributed by atoms with Gasteiger partial charge >= 0.3 is 12.4 Å². The molecular weight excluding hydrogens is 880 g/mol. The van der Waals surface area contributed by atoms with E-state index in [1.807, 2.05) is 4.72 Å². The Hall–Kier alpha value is -4.44. The summed E-state index contributed by atoms with van der Waals surface area (Å²) in [7, 11) is -4.13. The number of halogens is 12. The van der Waals surface area contributed by atoms with Crippen LogP contribution in [0.4, 0.5) is 49.7 Å². The molecule has 2 aliphatic carbocycles. The molecule has 56 heavy (non-hydrogen) atoms. The summed E-state index contributed by atoms with van der Waals surface area (Å²) in [6, 6.07) is 5.96. The van der Waals surface area contributed by atoms with E-state index in [2.05, 4.69) is 36.4 Å². The second kappa shape index (κ2) is 13.6. The Balaban J connectivity index is 1.37. The molecule has 10 nitrogen and oxygen atoms in total. The predicted octanol–water partition coefficient (Wildman–Crippen LogP) is 8.25. The number of fused-ring (bicyclic) bond motifs is 4. The maximum absolute atomic E-state index is 15.3. The Morgan fingerprint density at radius 2 is 1.68 bits per heavy atom. The molecule has 3 heterocycles. The third-order valence-electron chi connectivity index (χ3n) is 9.16. The fourth-order valence-electron chi connectivity index (χ4n) is 7.12. The first kappa shape index (κ1) is 39.8. The molecule has 0 saturated heterocycles. The number of aromatic nitrogens is 5. The van der Waals surface area contributed by atoms with E-state index in [0.29, 0.717) is 10.7 Å². The highest BCUT2D eigenvalue weighted by atomic mass is 79.9. The highest BCUT2D eigenvalue weighted by Crippen LogP contribution is 2.68. The zero-order valence-corrected chi connectivity index (χ0v) is 31.2. The topological polar surface area (TPSA) is 124 Å². The molecule has 2 N–H and O–H groups in total. The molecule has 0 spiro atoms. The van der Waals surface area contributed by atoms with Crippen LogP contribution in [0.3, 0.4) is 0 Å². The van der Waals surface area contributed by atoms with Crippen LogP contribution in [-0.4, -0.2) is 51.3 Å². The fourth-order valence-corrected chi connectivity index (χ4v) is 8.18. The van der Waals surface area contributed by atoms with Gasteiger partial charge in [-0.05, 0) is 70.6 Å². The van der Waals surface area contributed by atoms with Gasteiger partial charge in [-0.1, -0.05) is 17.7 Å². The lowest BCUT2D eigenvalue weighted by atomic mass is 9.94. The van der Waals surface area contributed by atoms with Gasteiger partial charge in [-0.3, -0.25) is 18.9 Å². The van der Waals surface area contributed by atoms with Gasteiger partial charge in [0.1, 0.15) is 35.0 Å². The van der Waals surface area contributed by atoms with E-state index in [1.54, 1.807) is 0 Å². The number of sulfonamides is 1. The summed E-state index contributed by atoms with van der Waals surface area (Å²) in [4.78, 5) is 18.1. The van der Waals surface area contributed by atoms with Crippen LogP contribution in [-0.2, 0) is 46.4 Å². The Bertz CT molecular complexity index is 2520. The first-order chi connectivity index (χ1) is 25.9. The smallest absolute Gasteiger partial charge is 0.346 e. The van der Waals surface area contributed by atoms with Gasteiger partial charge in [0.25, 0.3) is 5.92 Å². The van der Waals surface area contributed by atoms with Crippen molar-refractivity contribution in [3.63, 3.8) is 0 Å². The molecule has 0 radical (unpaired) electrons. The molecule has 5 aromatic rings. The summed E-state index contributed by atoms with van der Waals surface area (Å²) in [5, 5.41) is 9.17. The third kappa shape index (κ3) is 7.65. The number of hydrogen-bond acceptors (Lipinski definition) is 6. The number of alkyl halides is 8. The van der Waals surface area contributed by atoms with Crippen LogP contribution >= 0.6 is 27.5 Å². The molecule has 1 amide bonds. The second-order valence-electron chi connectivity index (χ2n) is 13.3. The summed E-state index contributed by atoms with van der Waals surface area (Å²) >= 11 is 9.58. The van der Waals surface area contributed by atoms with Crippen LogP contribution in [0.5, 0.6) is 0 Å². The maximum Gasteiger partial charge on any atom is 0.435 e. The molecule has 0 aliphatic heterocycles. The van der Waals surface area contributed by atoms with Crippen molar-refractivity contribution in [3.05, 3.63) is 91.9 Å². The molecule has 1 fully saturated rings. The van der Waals surface area contributed by atoms with Crippen molar-refractivity contribution in [2.75, 3.05) is 11.0 Å². The first-order valence-corrected chi connectivity index (χ1v) is 19.2. The Labute approximate surface area is 322 Å². The minimum absolute atomic E-state index is 0.0581. The molecule has 3 atom stereocenters. The standard InChI is InChI=1S/C33H23BrClF10N7O3S/c1-56(54,55)50-30-25-20(35)4-2-17(27(25)52(49-30)12-31(38,39)40)16-3-5-22(34)47-26(16)21(8-13-6-14(36)9-15(37)7-13)46-23(53)11-51-29-24(28(48-51)33(43,44)45)18-10-19(18)32(29,41)42/h2-7,9,18-19,21H,8,10-12H2,1H3,(H,46,53)(H,49,50)/t18-,19+,21?/m0/s1. The normalized spacial score (nSPS) is 18.2. The molecule has 3 aromatic heterocycles. The number of hydrogen-bond donors (Lipinski definition) is 2. The van der Waals surface area contributed by atoms with E-state index in [9.17, 15) is 48.3 Å². The maximum atomic E-state index is 15.3. The van der Waals surface area contributed by atoms with Crippen molar-refractivity contribution >= 4 is 60.2 Å². The molecule has 0 bridgehead atoms. The van der Waals surface area contributed by atoms with Crippen LogP contribution in [0.1, 0.15) is 46.6 Å².